The summed E-state index contributed by atoms with van der Waals surface area (Å²) < 4.78 is 13.0. The van der Waals surface area contributed by atoms with Crippen molar-refractivity contribution < 1.29 is 9.47 Å². The number of ether oxygens (including phenoxy) is 2. The Bertz CT molecular complexity index is 429. The fourth-order valence-corrected chi connectivity index (χ4v) is 4.28. The Morgan fingerprint density at radius 1 is 1.00 bits per heavy atom. The van der Waals surface area contributed by atoms with Gasteiger partial charge >= 0.3 is 9.93 Å². The third kappa shape index (κ3) is 2.67. The van der Waals surface area contributed by atoms with Crippen LogP contribution in [0, 0.1) is 0 Å². The molecule has 0 atom stereocenters. The average molecular weight is 274 g/mol. The van der Waals surface area contributed by atoms with Gasteiger partial charge in [0.15, 0.2) is 0 Å². The summed E-state index contributed by atoms with van der Waals surface area (Å²) in [5, 5.41) is 1.14. The van der Waals surface area contributed by atoms with E-state index in [-0.39, 0.29) is 0 Å². The molecule has 0 bridgehead atoms. The second-order valence-electron chi connectivity index (χ2n) is 4.04. The van der Waals surface area contributed by atoms with E-state index in [0.717, 1.165) is 62.5 Å². The first-order chi connectivity index (χ1) is 8.43. The molecule has 5 nitrogen and oxygen atoms in total. The van der Waals surface area contributed by atoms with Crippen LogP contribution in [0.25, 0.3) is 0 Å². The summed E-state index contributed by atoms with van der Waals surface area (Å²) in [5.41, 5.74) is 0. The van der Waals surface area contributed by atoms with Gasteiger partial charge in [-0.05, 0) is 10.3 Å². The normalized spacial score (nSPS) is 21.9. The van der Waals surface area contributed by atoms with Crippen LogP contribution >= 0.6 is 20.7 Å². The minimum atomic E-state index is 0.817. The maximum Gasteiger partial charge on any atom is 0.390 e. The van der Waals surface area contributed by atoms with Gasteiger partial charge in [-0.1, -0.05) is 0 Å². The number of anilines is 1. The zero-order valence-electron chi connectivity index (χ0n) is 9.63. The largest absolute Gasteiger partial charge is 0.390 e. The Morgan fingerprint density at radius 2 is 1.71 bits per heavy atom. The summed E-state index contributed by atoms with van der Waals surface area (Å²) in [7, 11) is 3.54. The molecular weight excluding hydrogens is 258 g/mol. The first-order valence-corrected chi connectivity index (χ1v) is 8.04. The van der Waals surface area contributed by atoms with E-state index in [2.05, 4.69) is 9.48 Å². The van der Waals surface area contributed by atoms with Gasteiger partial charge in [-0.15, -0.1) is 0 Å². The fourth-order valence-electron chi connectivity index (χ4n) is 1.95. The van der Waals surface area contributed by atoms with Crippen LogP contribution < -0.4 is 14.3 Å². The zero-order chi connectivity index (χ0) is 11.5. The van der Waals surface area contributed by atoms with Crippen molar-refractivity contribution in [2.75, 3.05) is 57.5 Å². The lowest BCUT2D eigenvalue weighted by atomic mass is 10.5. The molecule has 0 spiro atoms. The molecule has 2 aliphatic rings. The van der Waals surface area contributed by atoms with Crippen LogP contribution in [0.4, 0.5) is 5.13 Å². The average Bonchev–Trinajstić information content (AvgIpc) is 2.90. The van der Waals surface area contributed by atoms with Gasteiger partial charge in [0.2, 0.25) is 0 Å². The minimum absolute atomic E-state index is 0.817. The molecule has 0 aliphatic carbocycles. The molecule has 3 rings (SSSR count). The van der Waals surface area contributed by atoms with Crippen LogP contribution in [-0.4, -0.2) is 57.6 Å². The van der Waals surface area contributed by atoms with E-state index in [1.165, 1.54) is 0 Å². The lowest BCUT2D eigenvalue weighted by molar-refractivity contribution is 0.0965. The smallest absolute Gasteiger partial charge is 0.378 e. The second kappa shape index (κ2) is 5.43. The van der Waals surface area contributed by atoms with Gasteiger partial charge in [0.25, 0.3) is 0 Å². The van der Waals surface area contributed by atoms with Crippen LogP contribution in [0.15, 0.2) is 0 Å². The number of hydrogen-bond acceptors (Lipinski definition) is 6. The highest BCUT2D eigenvalue weighted by Crippen LogP contribution is 2.19. The van der Waals surface area contributed by atoms with Gasteiger partial charge in [-0.3, -0.25) is 0 Å². The van der Waals surface area contributed by atoms with Gasteiger partial charge in [0.1, 0.15) is 13.1 Å². The van der Waals surface area contributed by atoms with Crippen molar-refractivity contribution in [2.24, 2.45) is 0 Å². The first kappa shape index (κ1) is 11.6. The predicted octanol–water partition coefficient (Wildman–Crippen LogP) is -0.156. The predicted molar refractivity (Wildman–Crippen MR) is 68.8 cm³/mol. The van der Waals surface area contributed by atoms with Gasteiger partial charge < -0.3 is 14.4 Å². The summed E-state index contributed by atoms with van der Waals surface area (Å²) in [5.74, 6) is 0. The summed E-state index contributed by atoms with van der Waals surface area (Å²) in [4.78, 5) is 8.19. The number of morpholine rings is 2. The molecule has 0 aromatic carbocycles. The summed E-state index contributed by atoms with van der Waals surface area (Å²) in [6.45, 7) is 7.11. The van der Waals surface area contributed by atoms with Crippen LogP contribution in [0.1, 0.15) is 0 Å². The molecule has 0 amide bonds. The van der Waals surface area contributed by atoms with E-state index >= 15 is 0 Å². The summed E-state index contributed by atoms with van der Waals surface area (Å²) >= 11 is 0. The fraction of sp³-hybridized carbons (Fsp3) is 0.800. The quantitative estimate of drug-likeness (QED) is 0.527. The number of aromatic nitrogens is 1. The van der Waals surface area contributed by atoms with Crippen LogP contribution in [0.2, 0.25) is 0 Å². The van der Waals surface area contributed by atoms with Gasteiger partial charge in [0, 0.05) is 28.4 Å². The number of rotatable bonds is 1. The molecule has 0 radical (unpaired) electrons. The molecule has 0 saturated carbocycles. The van der Waals surface area contributed by atoms with E-state index in [4.69, 9.17) is 14.5 Å². The van der Waals surface area contributed by atoms with Gasteiger partial charge in [-0.25, -0.2) is 4.58 Å². The highest BCUT2D eigenvalue weighted by molar-refractivity contribution is 7.69. The highest BCUT2D eigenvalue weighted by atomic mass is 32.9. The monoisotopic (exact) mass is 274 g/mol. The molecule has 7 heteroatoms. The molecule has 1 aromatic rings. The third-order valence-corrected chi connectivity index (χ3v) is 5.17. The molecular formula is C10H16N3O2S2+. The summed E-state index contributed by atoms with van der Waals surface area (Å²) in [6, 6.07) is 0. The lowest BCUT2D eigenvalue weighted by Crippen LogP contribution is -2.40. The van der Waals surface area contributed by atoms with Crippen molar-refractivity contribution in [3.05, 3.63) is 4.80 Å². The Balaban J connectivity index is 1.81. The van der Waals surface area contributed by atoms with Crippen LogP contribution in [0.5, 0.6) is 0 Å². The standard InChI is InChI=1S/C10H16N3O2S2/c1-5-14-6-2-12(1)9-11-10(17-16-9)13-3-7-15-8-4-13/h1-8H2/q+1. The minimum Gasteiger partial charge on any atom is -0.378 e. The molecule has 0 unspecified atom stereocenters. The number of nitrogens with zero attached hydrogens (tertiary/aromatic N) is 3. The molecule has 94 valence electrons. The molecule has 2 saturated heterocycles. The van der Waals surface area contributed by atoms with E-state index < -0.39 is 0 Å². The van der Waals surface area contributed by atoms with Crippen molar-refractivity contribution in [2.45, 2.75) is 0 Å². The Kier molecular flexibility index (Phi) is 3.70. The molecule has 2 fully saturated rings. The number of hydrogen-bond donors (Lipinski definition) is 0. The van der Waals surface area contributed by atoms with Crippen LogP contribution in [-0.2, 0) is 9.47 Å². The van der Waals surface area contributed by atoms with E-state index in [0.29, 0.717) is 0 Å². The van der Waals surface area contributed by atoms with E-state index in [1.54, 1.807) is 20.7 Å². The molecule has 2 aliphatic heterocycles. The van der Waals surface area contributed by atoms with Crippen molar-refractivity contribution in [1.82, 2.24) is 9.56 Å². The SMILES string of the molecule is C1CN(c2nc(=[N+]3CCOCC3)ss2)CCO1. The topological polar surface area (TPSA) is 37.6 Å². The van der Waals surface area contributed by atoms with Gasteiger partial charge in [0.05, 0.1) is 26.4 Å². The van der Waals surface area contributed by atoms with Crippen molar-refractivity contribution in [1.29, 1.82) is 0 Å². The lowest BCUT2D eigenvalue weighted by Gasteiger charge is -2.23. The van der Waals surface area contributed by atoms with Crippen molar-refractivity contribution >= 4 is 25.8 Å². The molecule has 3 heterocycles. The highest BCUT2D eigenvalue weighted by Gasteiger charge is 2.20. The van der Waals surface area contributed by atoms with Crippen molar-refractivity contribution in [3.8, 4) is 0 Å². The van der Waals surface area contributed by atoms with Crippen LogP contribution in [0.3, 0.4) is 0 Å². The maximum absolute atomic E-state index is 5.36. The Hall–Kier alpha value is -0.500. The third-order valence-electron chi connectivity index (χ3n) is 2.95. The summed E-state index contributed by atoms with van der Waals surface area (Å²) in [6.07, 6.45) is 0. The van der Waals surface area contributed by atoms with E-state index in [1.807, 2.05) is 0 Å². The first-order valence-electron chi connectivity index (χ1n) is 5.89. The Labute approximate surface area is 107 Å². The van der Waals surface area contributed by atoms with E-state index in [9.17, 15) is 0 Å². The molecule has 1 aromatic heterocycles. The Morgan fingerprint density at radius 3 is 2.47 bits per heavy atom. The maximum atomic E-state index is 5.36. The molecule has 0 N–H and O–H groups in total. The second-order valence-corrected chi connectivity index (χ2v) is 6.11. The molecule has 17 heavy (non-hydrogen) atoms. The zero-order valence-corrected chi connectivity index (χ0v) is 11.3. The van der Waals surface area contributed by atoms with Gasteiger partial charge in [-0.2, -0.15) is 0 Å². The van der Waals surface area contributed by atoms with Crippen molar-refractivity contribution in [3.63, 3.8) is 0 Å².